The van der Waals surface area contributed by atoms with E-state index in [0.29, 0.717) is 38.5 Å². The van der Waals surface area contributed by atoms with E-state index in [1.807, 2.05) is 30.3 Å². The second-order valence-electron chi connectivity index (χ2n) is 7.12. The zero-order chi connectivity index (χ0) is 23.4. The van der Waals surface area contributed by atoms with Gasteiger partial charge < -0.3 is 4.74 Å². The van der Waals surface area contributed by atoms with Crippen LogP contribution in [0.4, 0.5) is 4.79 Å². The van der Waals surface area contributed by atoms with Gasteiger partial charge in [-0.05, 0) is 68.7 Å². The van der Waals surface area contributed by atoms with Crippen molar-refractivity contribution in [3.63, 3.8) is 0 Å². The summed E-state index contributed by atoms with van der Waals surface area (Å²) in [5, 5.41) is 9.27. The Hall–Kier alpha value is -3.05. The van der Waals surface area contributed by atoms with Crippen LogP contribution >= 0.6 is 39.3 Å². The highest BCUT2D eigenvalue weighted by molar-refractivity contribution is 9.10. The molecule has 0 spiro atoms. The third-order valence-electron chi connectivity index (χ3n) is 4.88. The molecule has 0 unspecified atom stereocenters. The summed E-state index contributed by atoms with van der Waals surface area (Å²) in [7, 11) is 0. The number of rotatable bonds is 6. The topological polar surface area (TPSA) is 70.4 Å². The zero-order valence-corrected chi connectivity index (χ0v) is 20.3. The standard InChI is InChI=1S/C25H16BrClN2O3S/c26-20-10-17(11-21(27)23(20)32-15-16-6-2-1-3-7-16)12-22-24(30)29(25(31)33-22)14-19-9-5-4-8-18(19)13-28/h1-12H,14-15H2/b22-12+. The monoisotopic (exact) mass is 538 g/mol. The molecule has 3 aromatic rings. The molecule has 4 rings (SSSR count). The van der Waals surface area contributed by atoms with Gasteiger partial charge in [-0.3, -0.25) is 14.5 Å². The average Bonchev–Trinajstić information content (AvgIpc) is 3.07. The zero-order valence-electron chi connectivity index (χ0n) is 17.1. The first kappa shape index (κ1) is 23.1. The Labute approximate surface area is 208 Å². The summed E-state index contributed by atoms with van der Waals surface area (Å²) in [6, 6.07) is 22.2. The van der Waals surface area contributed by atoms with Crippen molar-refractivity contribution < 1.29 is 14.3 Å². The third kappa shape index (κ3) is 5.31. The molecule has 0 aliphatic carbocycles. The highest BCUT2D eigenvalue weighted by Crippen LogP contribution is 2.38. The van der Waals surface area contributed by atoms with Crippen molar-refractivity contribution in [2.75, 3.05) is 0 Å². The van der Waals surface area contributed by atoms with Gasteiger partial charge >= 0.3 is 0 Å². The van der Waals surface area contributed by atoms with Crippen molar-refractivity contribution in [3.8, 4) is 11.8 Å². The molecule has 33 heavy (non-hydrogen) atoms. The van der Waals surface area contributed by atoms with Crippen LogP contribution in [-0.4, -0.2) is 16.0 Å². The molecular formula is C25H16BrClN2O3S. The number of thioether (sulfide) groups is 1. The van der Waals surface area contributed by atoms with Crippen molar-refractivity contribution in [3.05, 3.63) is 103 Å². The molecule has 8 heteroatoms. The number of nitrogens with zero attached hydrogens (tertiary/aromatic N) is 2. The summed E-state index contributed by atoms with van der Waals surface area (Å²) in [5.74, 6) is 0.0910. The molecule has 0 N–H and O–H groups in total. The molecular weight excluding hydrogens is 524 g/mol. The average molecular weight is 540 g/mol. The summed E-state index contributed by atoms with van der Waals surface area (Å²) in [4.78, 5) is 26.8. The van der Waals surface area contributed by atoms with Gasteiger partial charge in [-0.15, -0.1) is 0 Å². The first-order valence-corrected chi connectivity index (χ1v) is 11.8. The van der Waals surface area contributed by atoms with Crippen LogP contribution in [0.25, 0.3) is 6.08 Å². The van der Waals surface area contributed by atoms with E-state index < -0.39 is 5.91 Å². The lowest BCUT2D eigenvalue weighted by molar-refractivity contribution is -0.123. The van der Waals surface area contributed by atoms with Crippen LogP contribution in [-0.2, 0) is 17.9 Å². The number of hydrogen-bond donors (Lipinski definition) is 0. The molecule has 0 bridgehead atoms. The number of ether oxygens (including phenoxy) is 1. The highest BCUT2D eigenvalue weighted by atomic mass is 79.9. The van der Waals surface area contributed by atoms with Crippen molar-refractivity contribution in [1.29, 1.82) is 5.26 Å². The maximum atomic E-state index is 12.9. The van der Waals surface area contributed by atoms with E-state index in [4.69, 9.17) is 16.3 Å². The van der Waals surface area contributed by atoms with Gasteiger partial charge in [-0.25, -0.2) is 0 Å². The minimum absolute atomic E-state index is 0.0441. The largest absolute Gasteiger partial charge is 0.486 e. The van der Waals surface area contributed by atoms with Gasteiger partial charge in [-0.1, -0.05) is 60.1 Å². The predicted molar refractivity (Wildman–Crippen MR) is 133 cm³/mol. The number of hydrogen-bond acceptors (Lipinski definition) is 5. The van der Waals surface area contributed by atoms with Crippen molar-refractivity contribution in [2.24, 2.45) is 0 Å². The second-order valence-corrected chi connectivity index (χ2v) is 9.38. The fourth-order valence-electron chi connectivity index (χ4n) is 3.26. The van der Waals surface area contributed by atoms with Gasteiger partial charge in [0.25, 0.3) is 11.1 Å². The Morgan fingerprint density at radius 3 is 2.55 bits per heavy atom. The van der Waals surface area contributed by atoms with E-state index in [-0.39, 0.29) is 16.7 Å². The molecule has 1 aliphatic rings. The molecule has 3 aromatic carbocycles. The lowest BCUT2D eigenvalue weighted by Crippen LogP contribution is -2.27. The van der Waals surface area contributed by atoms with Crippen molar-refractivity contribution in [1.82, 2.24) is 4.90 Å². The summed E-state index contributed by atoms with van der Waals surface area (Å²) in [6.45, 7) is 0.407. The van der Waals surface area contributed by atoms with Crippen LogP contribution < -0.4 is 4.74 Å². The Morgan fingerprint density at radius 1 is 1.09 bits per heavy atom. The van der Waals surface area contributed by atoms with Gasteiger partial charge in [0.1, 0.15) is 6.61 Å². The van der Waals surface area contributed by atoms with Crippen LogP contribution in [0, 0.1) is 11.3 Å². The first-order chi connectivity index (χ1) is 16.0. The van der Waals surface area contributed by atoms with Crippen LogP contribution in [0.3, 0.4) is 0 Å². The van der Waals surface area contributed by atoms with E-state index in [2.05, 4.69) is 22.0 Å². The minimum atomic E-state index is -0.408. The number of halogens is 2. The minimum Gasteiger partial charge on any atom is -0.486 e. The molecule has 1 aliphatic heterocycles. The number of imide groups is 1. The third-order valence-corrected chi connectivity index (χ3v) is 6.66. The van der Waals surface area contributed by atoms with Gasteiger partial charge in [0.2, 0.25) is 0 Å². The van der Waals surface area contributed by atoms with Crippen LogP contribution in [0.2, 0.25) is 5.02 Å². The molecule has 1 fully saturated rings. The maximum Gasteiger partial charge on any atom is 0.293 e. The number of carbonyl (C=O) groups is 2. The van der Waals surface area contributed by atoms with E-state index in [1.165, 1.54) is 0 Å². The Kier molecular flexibility index (Phi) is 7.19. The molecule has 0 atom stereocenters. The van der Waals surface area contributed by atoms with Gasteiger partial charge in [0.15, 0.2) is 5.75 Å². The van der Waals surface area contributed by atoms with Gasteiger partial charge in [-0.2, -0.15) is 5.26 Å². The first-order valence-electron chi connectivity index (χ1n) is 9.85. The quantitative estimate of drug-likeness (QED) is 0.323. The summed E-state index contributed by atoms with van der Waals surface area (Å²) >= 11 is 10.8. The number of amides is 2. The molecule has 0 aromatic heterocycles. The number of nitriles is 1. The summed E-state index contributed by atoms with van der Waals surface area (Å²) < 4.78 is 6.50. The Morgan fingerprint density at radius 2 is 1.82 bits per heavy atom. The Bertz CT molecular complexity index is 1280. The van der Waals surface area contributed by atoms with Crippen molar-refractivity contribution >= 4 is 56.5 Å². The van der Waals surface area contributed by atoms with Crippen LogP contribution in [0.1, 0.15) is 22.3 Å². The molecule has 164 valence electrons. The van der Waals surface area contributed by atoms with Crippen LogP contribution in [0.15, 0.2) is 76.1 Å². The SMILES string of the molecule is N#Cc1ccccc1CN1C(=O)S/C(=C/c2cc(Cl)c(OCc3ccccc3)c(Br)c2)C1=O. The molecule has 1 saturated heterocycles. The normalized spacial score (nSPS) is 14.6. The van der Waals surface area contributed by atoms with E-state index in [1.54, 1.807) is 42.5 Å². The lowest BCUT2D eigenvalue weighted by atomic mass is 10.1. The summed E-state index contributed by atoms with van der Waals surface area (Å²) in [5.41, 5.74) is 2.72. The van der Waals surface area contributed by atoms with Gasteiger partial charge in [0.05, 0.1) is 32.6 Å². The van der Waals surface area contributed by atoms with E-state index >= 15 is 0 Å². The fraction of sp³-hybridized carbons (Fsp3) is 0.0800. The number of carbonyl (C=O) groups excluding carboxylic acids is 2. The maximum absolute atomic E-state index is 12.9. The molecule has 0 radical (unpaired) electrons. The fourth-order valence-corrected chi connectivity index (χ4v) is 5.08. The van der Waals surface area contributed by atoms with Crippen molar-refractivity contribution in [2.45, 2.75) is 13.2 Å². The molecule has 2 amide bonds. The predicted octanol–water partition coefficient (Wildman–Crippen LogP) is 6.79. The Balaban J connectivity index is 1.52. The highest BCUT2D eigenvalue weighted by Gasteiger charge is 2.35. The molecule has 0 saturated carbocycles. The lowest BCUT2D eigenvalue weighted by Gasteiger charge is -2.13. The second kappa shape index (κ2) is 10.3. The van der Waals surface area contributed by atoms with Crippen LogP contribution in [0.5, 0.6) is 5.75 Å². The number of benzene rings is 3. The van der Waals surface area contributed by atoms with E-state index in [9.17, 15) is 14.9 Å². The van der Waals surface area contributed by atoms with E-state index in [0.717, 1.165) is 22.2 Å². The summed E-state index contributed by atoms with van der Waals surface area (Å²) in [6.07, 6.45) is 1.62. The molecule has 1 heterocycles. The smallest absolute Gasteiger partial charge is 0.293 e. The molecule has 5 nitrogen and oxygen atoms in total. The van der Waals surface area contributed by atoms with Gasteiger partial charge in [0, 0.05) is 0 Å².